The molecule has 4 rings (SSSR count). The van der Waals surface area contributed by atoms with Crippen LogP contribution in [0.4, 0.5) is 4.39 Å². The van der Waals surface area contributed by atoms with Gasteiger partial charge in [0.15, 0.2) is 0 Å². The Bertz CT molecular complexity index is 964. The Balaban J connectivity index is 1.47. The number of piperidine rings is 1. The van der Waals surface area contributed by atoms with E-state index in [0.29, 0.717) is 25.9 Å². The first kappa shape index (κ1) is 23.4. The summed E-state index contributed by atoms with van der Waals surface area (Å²) in [5, 5.41) is 0. The molecular formula is C27H34FN3O2. The van der Waals surface area contributed by atoms with E-state index < -0.39 is 0 Å². The van der Waals surface area contributed by atoms with Gasteiger partial charge in [-0.15, -0.1) is 0 Å². The van der Waals surface area contributed by atoms with Crippen molar-refractivity contribution in [1.82, 2.24) is 14.8 Å². The molecule has 1 unspecified atom stereocenters. The van der Waals surface area contributed by atoms with E-state index in [1.165, 1.54) is 18.6 Å². The lowest BCUT2D eigenvalue weighted by molar-refractivity contribution is -0.143. The average molecular weight is 452 g/mol. The van der Waals surface area contributed by atoms with E-state index in [1.807, 2.05) is 31.0 Å². The zero-order chi connectivity index (χ0) is 23.4. The summed E-state index contributed by atoms with van der Waals surface area (Å²) in [6.45, 7) is 3.26. The van der Waals surface area contributed by atoms with Gasteiger partial charge in [-0.05, 0) is 61.9 Å². The maximum Gasteiger partial charge on any atom is 0.226 e. The first-order valence-corrected chi connectivity index (χ1v) is 12.2. The predicted octanol–water partition coefficient (Wildman–Crippen LogP) is 4.90. The van der Waals surface area contributed by atoms with E-state index in [0.717, 1.165) is 42.5 Å². The minimum absolute atomic E-state index is 0.0548. The minimum atomic E-state index is -0.388. The molecule has 1 aliphatic carbocycles. The highest BCUT2D eigenvalue weighted by atomic mass is 19.1. The predicted molar refractivity (Wildman–Crippen MR) is 126 cm³/mol. The largest absolute Gasteiger partial charge is 0.342 e. The fraction of sp³-hybridized carbons (Fsp3) is 0.519. The van der Waals surface area contributed by atoms with Crippen LogP contribution in [0, 0.1) is 24.6 Å². The number of amides is 2. The van der Waals surface area contributed by atoms with Crippen LogP contribution in [0.2, 0.25) is 0 Å². The lowest BCUT2D eigenvalue weighted by Crippen LogP contribution is -2.46. The zero-order valence-corrected chi connectivity index (χ0v) is 19.7. The Morgan fingerprint density at radius 2 is 1.67 bits per heavy atom. The maximum atomic E-state index is 13.6. The third kappa shape index (κ3) is 5.26. The van der Waals surface area contributed by atoms with Crippen molar-refractivity contribution >= 4 is 11.8 Å². The van der Waals surface area contributed by atoms with Crippen LogP contribution in [0.5, 0.6) is 0 Å². The Morgan fingerprint density at radius 3 is 2.30 bits per heavy atom. The molecule has 0 N–H and O–H groups in total. The van der Waals surface area contributed by atoms with Crippen molar-refractivity contribution in [3.63, 3.8) is 0 Å². The summed E-state index contributed by atoms with van der Waals surface area (Å²) < 4.78 is 13.6. The van der Waals surface area contributed by atoms with Gasteiger partial charge in [-0.3, -0.25) is 14.6 Å². The summed E-state index contributed by atoms with van der Waals surface area (Å²) in [6, 6.07) is 9.77. The van der Waals surface area contributed by atoms with Gasteiger partial charge < -0.3 is 9.80 Å². The molecule has 33 heavy (non-hydrogen) atoms. The van der Waals surface area contributed by atoms with Crippen molar-refractivity contribution in [2.24, 2.45) is 11.8 Å². The number of nitrogens with zero attached hydrogens (tertiary/aromatic N) is 3. The van der Waals surface area contributed by atoms with Crippen LogP contribution >= 0.6 is 0 Å². The highest BCUT2D eigenvalue weighted by Gasteiger charge is 2.35. The monoisotopic (exact) mass is 451 g/mol. The van der Waals surface area contributed by atoms with Crippen LogP contribution in [0.15, 0.2) is 42.6 Å². The second kappa shape index (κ2) is 10.4. The number of carbonyl (C=O) groups excluding carboxylic acids is 2. The second-order valence-electron chi connectivity index (χ2n) is 9.54. The van der Waals surface area contributed by atoms with Gasteiger partial charge in [-0.25, -0.2) is 4.39 Å². The Hall–Kier alpha value is -2.76. The summed E-state index contributed by atoms with van der Waals surface area (Å²) in [5.74, 6) is 0.0710. The third-order valence-corrected chi connectivity index (χ3v) is 7.34. The zero-order valence-electron chi connectivity index (χ0n) is 19.7. The quantitative estimate of drug-likeness (QED) is 0.650. The summed E-state index contributed by atoms with van der Waals surface area (Å²) >= 11 is 0. The molecule has 0 bridgehead atoms. The molecule has 176 valence electrons. The molecule has 1 saturated heterocycles. The molecule has 1 aliphatic heterocycles. The van der Waals surface area contributed by atoms with Gasteiger partial charge in [0.25, 0.3) is 0 Å². The van der Waals surface area contributed by atoms with Crippen LogP contribution in [0.25, 0.3) is 0 Å². The number of hydrogen-bond acceptors (Lipinski definition) is 3. The number of aryl methyl sites for hydroxylation is 1. The lowest BCUT2D eigenvalue weighted by Gasteiger charge is -2.37. The van der Waals surface area contributed by atoms with Gasteiger partial charge in [0.05, 0.1) is 11.7 Å². The number of halogens is 1. The molecule has 1 atom stereocenters. The number of carbonyl (C=O) groups is 2. The Kier molecular flexibility index (Phi) is 7.41. The molecule has 6 heteroatoms. The molecule has 2 heterocycles. The lowest BCUT2D eigenvalue weighted by atomic mass is 9.87. The standard InChI is InChI=1S/C27H34FN3O2/c1-19-7-6-16-29-24(19)25(20-10-12-23(28)13-11-20)30(2)26(32)22-14-17-31(18-15-22)27(33)21-8-4-3-5-9-21/h6-7,10-13,16,21-22,25H,3-5,8-9,14-15,17-18H2,1-2H3. The van der Waals surface area contributed by atoms with Gasteiger partial charge in [0.2, 0.25) is 11.8 Å². The van der Waals surface area contributed by atoms with Crippen molar-refractivity contribution in [2.75, 3.05) is 20.1 Å². The van der Waals surface area contributed by atoms with Gasteiger partial charge in [0.1, 0.15) is 5.82 Å². The van der Waals surface area contributed by atoms with Gasteiger partial charge in [0, 0.05) is 38.2 Å². The van der Waals surface area contributed by atoms with Crippen molar-refractivity contribution in [3.05, 3.63) is 65.2 Å². The van der Waals surface area contributed by atoms with E-state index in [-0.39, 0.29) is 35.5 Å². The fourth-order valence-corrected chi connectivity index (χ4v) is 5.36. The minimum Gasteiger partial charge on any atom is -0.342 e. The first-order chi connectivity index (χ1) is 16.0. The van der Waals surface area contributed by atoms with E-state index in [1.54, 1.807) is 23.2 Å². The normalized spacial score (nSPS) is 18.7. The first-order valence-electron chi connectivity index (χ1n) is 12.2. The number of benzene rings is 1. The highest BCUT2D eigenvalue weighted by molar-refractivity contribution is 5.81. The SMILES string of the molecule is Cc1cccnc1C(c1ccc(F)cc1)N(C)C(=O)C1CCN(C(=O)C2CCCCC2)CC1. The Morgan fingerprint density at radius 1 is 1.00 bits per heavy atom. The molecule has 0 radical (unpaired) electrons. The molecule has 0 spiro atoms. The van der Waals surface area contributed by atoms with Crippen molar-refractivity contribution in [1.29, 1.82) is 0 Å². The maximum absolute atomic E-state index is 13.6. The molecular weight excluding hydrogens is 417 g/mol. The molecule has 1 aromatic heterocycles. The van der Waals surface area contributed by atoms with Gasteiger partial charge in [-0.1, -0.05) is 37.5 Å². The van der Waals surface area contributed by atoms with Crippen LogP contribution in [0.1, 0.15) is 67.8 Å². The summed E-state index contributed by atoms with van der Waals surface area (Å²) in [6.07, 6.45) is 8.62. The van der Waals surface area contributed by atoms with E-state index in [9.17, 15) is 14.0 Å². The van der Waals surface area contributed by atoms with Crippen LogP contribution in [-0.4, -0.2) is 46.7 Å². The number of aromatic nitrogens is 1. The number of likely N-dealkylation sites (tertiary alicyclic amines) is 1. The van der Waals surface area contributed by atoms with Crippen molar-refractivity contribution in [3.8, 4) is 0 Å². The van der Waals surface area contributed by atoms with Gasteiger partial charge in [-0.2, -0.15) is 0 Å². The van der Waals surface area contributed by atoms with Crippen molar-refractivity contribution in [2.45, 2.75) is 57.9 Å². The molecule has 5 nitrogen and oxygen atoms in total. The molecule has 2 aromatic rings. The number of hydrogen-bond donors (Lipinski definition) is 0. The smallest absolute Gasteiger partial charge is 0.226 e. The van der Waals surface area contributed by atoms with Crippen LogP contribution in [-0.2, 0) is 9.59 Å². The van der Waals surface area contributed by atoms with E-state index >= 15 is 0 Å². The van der Waals surface area contributed by atoms with Gasteiger partial charge >= 0.3 is 0 Å². The topological polar surface area (TPSA) is 53.5 Å². The van der Waals surface area contributed by atoms with E-state index in [4.69, 9.17) is 0 Å². The van der Waals surface area contributed by atoms with E-state index in [2.05, 4.69) is 4.98 Å². The number of pyridine rings is 1. The number of rotatable bonds is 5. The molecule has 2 amide bonds. The molecule has 1 aromatic carbocycles. The third-order valence-electron chi connectivity index (χ3n) is 7.34. The average Bonchev–Trinajstić information content (AvgIpc) is 2.86. The fourth-order valence-electron chi connectivity index (χ4n) is 5.36. The Labute approximate surface area is 196 Å². The van der Waals surface area contributed by atoms with Crippen LogP contribution in [0.3, 0.4) is 0 Å². The van der Waals surface area contributed by atoms with Crippen molar-refractivity contribution < 1.29 is 14.0 Å². The molecule has 2 fully saturated rings. The second-order valence-corrected chi connectivity index (χ2v) is 9.54. The summed E-state index contributed by atoms with van der Waals surface area (Å²) in [7, 11) is 1.81. The molecule has 2 aliphatic rings. The summed E-state index contributed by atoms with van der Waals surface area (Å²) in [5.41, 5.74) is 2.61. The summed E-state index contributed by atoms with van der Waals surface area (Å²) in [4.78, 5) is 34.8. The highest BCUT2D eigenvalue weighted by Crippen LogP contribution is 2.32. The van der Waals surface area contributed by atoms with Crippen LogP contribution < -0.4 is 0 Å². The molecule has 1 saturated carbocycles.